The molecule has 0 saturated heterocycles. The molecular formula is C17H14N4O3S. The van der Waals surface area contributed by atoms with Crippen LogP contribution in [0.1, 0.15) is 16.1 Å². The molecule has 0 aliphatic carbocycles. The predicted molar refractivity (Wildman–Crippen MR) is 96.2 cm³/mol. The van der Waals surface area contributed by atoms with Crippen molar-refractivity contribution in [2.24, 2.45) is 5.10 Å². The standard InChI is InChI=1S/C17H14N4O3S/c1-24-12-5-2-4-11(8-12)10-18-21-16(22)14-9-13(19-17(23)20-14)15-6-3-7-25-15/h2-10H,1H3,(H,21,22)(H,19,20,23)/b18-10+. The van der Waals surface area contributed by atoms with Crippen LogP contribution in [-0.4, -0.2) is 29.2 Å². The lowest BCUT2D eigenvalue weighted by atomic mass is 10.2. The number of ether oxygens (including phenoxy) is 1. The van der Waals surface area contributed by atoms with Crippen molar-refractivity contribution in [1.29, 1.82) is 0 Å². The van der Waals surface area contributed by atoms with Crippen molar-refractivity contribution in [3.63, 3.8) is 0 Å². The van der Waals surface area contributed by atoms with Gasteiger partial charge >= 0.3 is 5.69 Å². The average Bonchev–Trinajstić information content (AvgIpc) is 3.16. The van der Waals surface area contributed by atoms with Gasteiger partial charge in [-0.25, -0.2) is 10.2 Å². The summed E-state index contributed by atoms with van der Waals surface area (Å²) in [7, 11) is 1.57. The molecule has 0 radical (unpaired) electrons. The number of nitrogens with one attached hydrogen (secondary N) is 2. The Balaban J connectivity index is 1.75. The van der Waals surface area contributed by atoms with E-state index in [-0.39, 0.29) is 5.69 Å². The van der Waals surface area contributed by atoms with Gasteiger partial charge in [-0.15, -0.1) is 11.3 Å². The molecule has 0 fully saturated rings. The number of hydrogen-bond donors (Lipinski definition) is 2. The number of hydrogen-bond acceptors (Lipinski definition) is 6. The normalized spacial score (nSPS) is 10.8. The van der Waals surface area contributed by atoms with E-state index in [1.165, 1.54) is 23.6 Å². The number of aromatic nitrogens is 2. The monoisotopic (exact) mass is 354 g/mol. The molecular weight excluding hydrogens is 340 g/mol. The first-order chi connectivity index (χ1) is 12.2. The molecule has 0 atom stereocenters. The zero-order chi connectivity index (χ0) is 17.6. The fraction of sp³-hybridized carbons (Fsp3) is 0.0588. The van der Waals surface area contributed by atoms with Crippen LogP contribution >= 0.6 is 11.3 Å². The summed E-state index contributed by atoms with van der Waals surface area (Å²) >= 11 is 1.45. The van der Waals surface area contributed by atoms with Crippen LogP contribution in [0.4, 0.5) is 0 Å². The number of benzene rings is 1. The van der Waals surface area contributed by atoms with E-state index in [9.17, 15) is 9.59 Å². The maximum absolute atomic E-state index is 12.2. The van der Waals surface area contributed by atoms with E-state index in [1.807, 2.05) is 35.7 Å². The Morgan fingerprint density at radius 1 is 1.32 bits per heavy atom. The third-order valence-electron chi connectivity index (χ3n) is 3.24. The molecule has 1 aromatic carbocycles. The van der Waals surface area contributed by atoms with Crippen molar-refractivity contribution in [3.8, 4) is 16.3 Å². The molecule has 7 nitrogen and oxygen atoms in total. The van der Waals surface area contributed by atoms with Crippen LogP contribution in [0.2, 0.25) is 0 Å². The van der Waals surface area contributed by atoms with Gasteiger partial charge in [0.25, 0.3) is 5.91 Å². The lowest BCUT2D eigenvalue weighted by Crippen LogP contribution is -2.24. The number of nitrogens with zero attached hydrogens (tertiary/aromatic N) is 2. The van der Waals surface area contributed by atoms with Gasteiger partial charge in [-0.1, -0.05) is 18.2 Å². The number of carbonyl (C=O) groups is 1. The highest BCUT2D eigenvalue weighted by molar-refractivity contribution is 7.13. The zero-order valence-corrected chi connectivity index (χ0v) is 14.0. The van der Waals surface area contributed by atoms with Crippen LogP contribution in [0.25, 0.3) is 10.6 Å². The Kier molecular flexibility index (Phi) is 5.00. The van der Waals surface area contributed by atoms with E-state index < -0.39 is 11.6 Å². The smallest absolute Gasteiger partial charge is 0.346 e. The first-order valence-corrected chi connectivity index (χ1v) is 8.16. The summed E-state index contributed by atoms with van der Waals surface area (Å²) in [5.41, 5.74) is 3.07. The van der Waals surface area contributed by atoms with E-state index in [4.69, 9.17) is 4.74 Å². The minimum absolute atomic E-state index is 0.00468. The fourth-order valence-corrected chi connectivity index (χ4v) is 2.78. The highest BCUT2D eigenvalue weighted by Gasteiger charge is 2.10. The van der Waals surface area contributed by atoms with Gasteiger partial charge in [-0.05, 0) is 35.2 Å². The average molecular weight is 354 g/mol. The Labute approximate surface area is 147 Å². The number of amides is 1. The largest absolute Gasteiger partial charge is 0.497 e. The summed E-state index contributed by atoms with van der Waals surface area (Å²) in [6.45, 7) is 0. The number of carbonyl (C=O) groups excluding carboxylic acids is 1. The topological polar surface area (TPSA) is 96.4 Å². The van der Waals surface area contributed by atoms with Crippen LogP contribution in [-0.2, 0) is 0 Å². The minimum Gasteiger partial charge on any atom is -0.497 e. The molecule has 3 rings (SSSR count). The Hall–Kier alpha value is -3.26. The highest BCUT2D eigenvalue weighted by atomic mass is 32.1. The SMILES string of the molecule is COc1cccc(/C=N/NC(=O)c2cc(-c3cccs3)[nH]c(=O)n2)c1. The minimum atomic E-state index is -0.590. The number of methoxy groups -OCH3 is 1. The molecule has 0 unspecified atom stereocenters. The van der Waals surface area contributed by atoms with E-state index in [2.05, 4.69) is 20.5 Å². The first-order valence-electron chi connectivity index (χ1n) is 7.28. The molecule has 2 heterocycles. The molecule has 2 aromatic heterocycles. The van der Waals surface area contributed by atoms with E-state index in [1.54, 1.807) is 13.2 Å². The number of rotatable bonds is 5. The van der Waals surface area contributed by atoms with Crippen molar-refractivity contribution in [1.82, 2.24) is 15.4 Å². The van der Waals surface area contributed by atoms with Gasteiger partial charge in [-0.2, -0.15) is 10.1 Å². The van der Waals surface area contributed by atoms with Crippen molar-refractivity contribution < 1.29 is 9.53 Å². The second kappa shape index (κ2) is 7.54. The highest BCUT2D eigenvalue weighted by Crippen LogP contribution is 2.21. The van der Waals surface area contributed by atoms with Gasteiger partial charge in [-0.3, -0.25) is 4.79 Å². The summed E-state index contributed by atoms with van der Waals surface area (Å²) in [5.74, 6) is 0.121. The molecule has 126 valence electrons. The number of aromatic amines is 1. The number of H-pyrrole nitrogens is 1. The van der Waals surface area contributed by atoms with Gasteiger partial charge in [0, 0.05) is 0 Å². The van der Waals surface area contributed by atoms with E-state index in [0.29, 0.717) is 11.4 Å². The number of thiophene rings is 1. The fourth-order valence-electron chi connectivity index (χ4n) is 2.08. The number of hydrazone groups is 1. The molecule has 0 spiro atoms. The van der Waals surface area contributed by atoms with Crippen LogP contribution in [0.5, 0.6) is 5.75 Å². The Morgan fingerprint density at radius 3 is 2.96 bits per heavy atom. The first kappa shape index (κ1) is 16.6. The van der Waals surface area contributed by atoms with Gasteiger partial charge in [0.2, 0.25) is 0 Å². The molecule has 2 N–H and O–H groups in total. The van der Waals surface area contributed by atoms with Gasteiger partial charge in [0.05, 0.1) is 23.9 Å². The maximum Gasteiger partial charge on any atom is 0.346 e. The van der Waals surface area contributed by atoms with Crippen molar-refractivity contribution >= 4 is 23.5 Å². The summed E-state index contributed by atoms with van der Waals surface area (Å²) < 4.78 is 5.12. The second-order valence-electron chi connectivity index (χ2n) is 4.94. The summed E-state index contributed by atoms with van der Waals surface area (Å²) in [4.78, 5) is 31.0. The van der Waals surface area contributed by atoms with Gasteiger partial charge in [0.1, 0.15) is 11.4 Å². The van der Waals surface area contributed by atoms with Gasteiger partial charge in [0.15, 0.2) is 0 Å². The van der Waals surface area contributed by atoms with Gasteiger partial charge < -0.3 is 9.72 Å². The molecule has 0 saturated carbocycles. The van der Waals surface area contributed by atoms with Crippen molar-refractivity contribution in [2.45, 2.75) is 0 Å². The molecule has 0 aliphatic heterocycles. The third-order valence-corrected chi connectivity index (χ3v) is 4.14. The lowest BCUT2D eigenvalue weighted by molar-refractivity contribution is 0.0949. The zero-order valence-electron chi connectivity index (χ0n) is 13.2. The molecule has 8 heteroatoms. The molecule has 0 bridgehead atoms. The predicted octanol–water partition coefficient (Wildman–Crippen LogP) is 2.27. The van der Waals surface area contributed by atoms with E-state index >= 15 is 0 Å². The molecule has 1 amide bonds. The van der Waals surface area contributed by atoms with Crippen molar-refractivity contribution in [3.05, 3.63) is 69.6 Å². The quantitative estimate of drug-likeness (QED) is 0.543. The Morgan fingerprint density at radius 2 is 2.20 bits per heavy atom. The lowest BCUT2D eigenvalue weighted by Gasteiger charge is -2.02. The van der Waals surface area contributed by atoms with Crippen LogP contribution < -0.4 is 15.9 Å². The third kappa shape index (κ3) is 4.18. The summed E-state index contributed by atoms with van der Waals surface area (Å²) in [6, 6.07) is 12.4. The maximum atomic E-state index is 12.2. The molecule has 25 heavy (non-hydrogen) atoms. The van der Waals surface area contributed by atoms with Crippen LogP contribution in [0.3, 0.4) is 0 Å². The van der Waals surface area contributed by atoms with Crippen LogP contribution in [0, 0.1) is 0 Å². The van der Waals surface area contributed by atoms with Crippen LogP contribution in [0.15, 0.2) is 57.7 Å². The van der Waals surface area contributed by atoms with Crippen molar-refractivity contribution in [2.75, 3.05) is 7.11 Å². The Bertz CT molecular complexity index is 964. The summed E-state index contributed by atoms with van der Waals surface area (Å²) in [5, 5.41) is 5.77. The summed E-state index contributed by atoms with van der Waals surface area (Å²) in [6.07, 6.45) is 1.48. The second-order valence-corrected chi connectivity index (χ2v) is 5.89. The molecule has 3 aromatic rings. The molecule has 0 aliphatic rings. The van der Waals surface area contributed by atoms with E-state index in [0.717, 1.165) is 10.4 Å².